The molecule has 1 saturated heterocycles. The number of nitrogens with one attached hydrogen (secondary N) is 2. The Morgan fingerprint density at radius 2 is 2.22 bits per heavy atom. The van der Waals surface area contributed by atoms with Gasteiger partial charge in [-0.3, -0.25) is 4.79 Å². The summed E-state index contributed by atoms with van der Waals surface area (Å²) in [5.41, 5.74) is 0.779. The third kappa shape index (κ3) is 2.53. The van der Waals surface area contributed by atoms with Crippen LogP contribution in [0.15, 0.2) is 18.3 Å². The summed E-state index contributed by atoms with van der Waals surface area (Å²) in [5.74, 6) is 0.808. The van der Waals surface area contributed by atoms with E-state index in [1.54, 1.807) is 6.20 Å². The molecule has 4 heteroatoms. The summed E-state index contributed by atoms with van der Waals surface area (Å²) in [6.45, 7) is 5.89. The molecule has 2 N–H and O–H groups in total. The van der Waals surface area contributed by atoms with Crippen molar-refractivity contribution < 1.29 is 4.79 Å². The van der Waals surface area contributed by atoms with E-state index >= 15 is 0 Å². The summed E-state index contributed by atoms with van der Waals surface area (Å²) >= 11 is 0. The van der Waals surface area contributed by atoms with Crippen molar-refractivity contribution >= 4 is 11.7 Å². The Hall–Kier alpha value is -1.42. The van der Waals surface area contributed by atoms with Crippen LogP contribution in [0.3, 0.4) is 0 Å². The van der Waals surface area contributed by atoms with E-state index in [-0.39, 0.29) is 11.3 Å². The molecule has 1 amide bonds. The summed E-state index contributed by atoms with van der Waals surface area (Å²) in [7, 11) is 0. The minimum Gasteiger partial charge on any atom is -0.317 e. The highest BCUT2D eigenvalue weighted by atomic mass is 16.2. The van der Waals surface area contributed by atoms with Crippen molar-refractivity contribution in [2.75, 3.05) is 18.4 Å². The smallest absolute Gasteiger partial charge is 0.231 e. The van der Waals surface area contributed by atoms with Gasteiger partial charge in [-0.05, 0) is 50.9 Å². The molecule has 0 atom stereocenters. The van der Waals surface area contributed by atoms with Gasteiger partial charge in [0.1, 0.15) is 5.82 Å². The number of carbonyl (C=O) groups is 1. The standard InChI is InChI=1S/C14H21N3O/c1-3-14(6-9-15-10-7-14)13(18)17-12-11(2)5-4-8-16-12/h4-5,8,15H,3,6-7,9-10H2,1-2H3,(H,16,17,18). The zero-order valence-electron chi connectivity index (χ0n) is 11.1. The van der Waals surface area contributed by atoms with Crippen LogP contribution in [0.25, 0.3) is 0 Å². The lowest BCUT2D eigenvalue weighted by Crippen LogP contribution is -2.44. The van der Waals surface area contributed by atoms with Gasteiger partial charge >= 0.3 is 0 Å². The molecule has 98 valence electrons. The second-order valence-electron chi connectivity index (χ2n) is 5.01. The molecule has 2 heterocycles. The Bertz CT molecular complexity index is 425. The molecular weight excluding hydrogens is 226 g/mol. The van der Waals surface area contributed by atoms with Gasteiger partial charge in [0.2, 0.25) is 5.91 Å². The fraction of sp³-hybridized carbons (Fsp3) is 0.571. The molecule has 1 aromatic rings. The van der Waals surface area contributed by atoms with Crippen LogP contribution < -0.4 is 10.6 Å². The number of aromatic nitrogens is 1. The Labute approximate surface area is 108 Å². The van der Waals surface area contributed by atoms with Gasteiger partial charge < -0.3 is 10.6 Å². The van der Waals surface area contributed by atoms with Crippen LogP contribution in [-0.2, 0) is 4.79 Å². The molecular formula is C14H21N3O. The van der Waals surface area contributed by atoms with Crippen molar-refractivity contribution in [3.05, 3.63) is 23.9 Å². The number of carbonyl (C=O) groups excluding carboxylic acids is 1. The molecule has 1 aromatic heterocycles. The monoisotopic (exact) mass is 247 g/mol. The molecule has 0 aliphatic carbocycles. The van der Waals surface area contributed by atoms with E-state index in [0.717, 1.165) is 37.9 Å². The highest BCUT2D eigenvalue weighted by Gasteiger charge is 2.37. The Balaban J connectivity index is 2.13. The minimum absolute atomic E-state index is 0.119. The quantitative estimate of drug-likeness (QED) is 0.860. The molecule has 0 saturated carbocycles. The first-order valence-corrected chi connectivity index (χ1v) is 6.62. The SMILES string of the molecule is CCC1(C(=O)Nc2ncccc2C)CCNCC1. The van der Waals surface area contributed by atoms with Crippen LogP contribution in [0, 0.1) is 12.3 Å². The van der Waals surface area contributed by atoms with E-state index < -0.39 is 0 Å². The summed E-state index contributed by atoms with van der Waals surface area (Å²) in [5, 5.41) is 6.30. The first-order valence-electron chi connectivity index (χ1n) is 6.62. The average molecular weight is 247 g/mol. The molecule has 1 aliphatic heterocycles. The van der Waals surface area contributed by atoms with Crippen molar-refractivity contribution in [3.63, 3.8) is 0 Å². The maximum absolute atomic E-state index is 12.5. The zero-order valence-corrected chi connectivity index (χ0v) is 11.1. The molecule has 0 radical (unpaired) electrons. The largest absolute Gasteiger partial charge is 0.317 e. The molecule has 4 nitrogen and oxygen atoms in total. The summed E-state index contributed by atoms with van der Waals surface area (Å²) in [6.07, 6.45) is 4.40. The summed E-state index contributed by atoms with van der Waals surface area (Å²) in [6, 6.07) is 3.84. The van der Waals surface area contributed by atoms with Gasteiger partial charge in [-0.15, -0.1) is 0 Å². The topological polar surface area (TPSA) is 54.0 Å². The molecule has 18 heavy (non-hydrogen) atoms. The van der Waals surface area contributed by atoms with Crippen LogP contribution in [0.4, 0.5) is 5.82 Å². The van der Waals surface area contributed by atoms with E-state index in [1.807, 2.05) is 19.1 Å². The number of amides is 1. The van der Waals surface area contributed by atoms with E-state index in [2.05, 4.69) is 22.5 Å². The van der Waals surface area contributed by atoms with Crippen LogP contribution in [-0.4, -0.2) is 24.0 Å². The van der Waals surface area contributed by atoms with Gasteiger partial charge in [0.05, 0.1) is 5.41 Å². The number of pyridine rings is 1. The number of nitrogens with zero attached hydrogens (tertiary/aromatic N) is 1. The van der Waals surface area contributed by atoms with Crippen LogP contribution in [0.5, 0.6) is 0 Å². The minimum atomic E-state index is -0.227. The third-order valence-electron chi connectivity index (χ3n) is 3.96. The Morgan fingerprint density at radius 3 is 2.83 bits per heavy atom. The van der Waals surface area contributed by atoms with Gasteiger partial charge in [-0.25, -0.2) is 4.98 Å². The van der Waals surface area contributed by atoms with Crippen molar-refractivity contribution in [1.29, 1.82) is 0 Å². The predicted octanol–water partition coefficient (Wildman–Crippen LogP) is 2.11. The second-order valence-corrected chi connectivity index (χ2v) is 5.01. The van der Waals surface area contributed by atoms with Gasteiger partial charge in [0.15, 0.2) is 0 Å². The van der Waals surface area contributed by atoms with E-state index in [1.165, 1.54) is 0 Å². The first-order chi connectivity index (χ1) is 8.68. The van der Waals surface area contributed by atoms with Crippen molar-refractivity contribution in [1.82, 2.24) is 10.3 Å². The highest BCUT2D eigenvalue weighted by Crippen LogP contribution is 2.33. The lowest BCUT2D eigenvalue weighted by atomic mass is 9.76. The van der Waals surface area contributed by atoms with E-state index in [9.17, 15) is 4.79 Å². The lowest BCUT2D eigenvalue weighted by molar-refractivity contribution is -0.127. The molecule has 1 aliphatic rings. The van der Waals surface area contributed by atoms with Gasteiger partial charge in [-0.2, -0.15) is 0 Å². The number of hydrogen-bond acceptors (Lipinski definition) is 3. The van der Waals surface area contributed by atoms with Crippen molar-refractivity contribution in [3.8, 4) is 0 Å². The fourth-order valence-electron chi connectivity index (χ4n) is 2.50. The van der Waals surface area contributed by atoms with Gasteiger partial charge in [0, 0.05) is 6.20 Å². The van der Waals surface area contributed by atoms with Gasteiger partial charge in [0.25, 0.3) is 0 Å². The van der Waals surface area contributed by atoms with Crippen molar-refractivity contribution in [2.24, 2.45) is 5.41 Å². The van der Waals surface area contributed by atoms with E-state index in [4.69, 9.17) is 0 Å². The van der Waals surface area contributed by atoms with Crippen LogP contribution in [0.2, 0.25) is 0 Å². The second kappa shape index (κ2) is 5.48. The normalized spacial score (nSPS) is 18.3. The number of hydrogen-bond donors (Lipinski definition) is 2. The Kier molecular flexibility index (Phi) is 3.97. The fourth-order valence-corrected chi connectivity index (χ4v) is 2.50. The number of anilines is 1. The number of aryl methyl sites for hydroxylation is 1. The van der Waals surface area contributed by atoms with Crippen LogP contribution >= 0.6 is 0 Å². The van der Waals surface area contributed by atoms with Crippen molar-refractivity contribution in [2.45, 2.75) is 33.1 Å². The average Bonchev–Trinajstić information content (AvgIpc) is 2.42. The molecule has 2 rings (SSSR count). The predicted molar refractivity (Wildman–Crippen MR) is 72.4 cm³/mol. The Morgan fingerprint density at radius 1 is 1.50 bits per heavy atom. The summed E-state index contributed by atoms with van der Waals surface area (Å²) in [4.78, 5) is 16.7. The number of piperidine rings is 1. The van der Waals surface area contributed by atoms with Gasteiger partial charge in [-0.1, -0.05) is 13.0 Å². The third-order valence-corrected chi connectivity index (χ3v) is 3.96. The van der Waals surface area contributed by atoms with Crippen LogP contribution in [0.1, 0.15) is 31.7 Å². The molecule has 0 bridgehead atoms. The first kappa shape index (κ1) is 13.0. The zero-order chi connectivity index (χ0) is 13.0. The maximum Gasteiger partial charge on any atom is 0.231 e. The van der Waals surface area contributed by atoms with E-state index in [0.29, 0.717) is 5.82 Å². The number of rotatable bonds is 3. The highest BCUT2D eigenvalue weighted by molar-refractivity contribution is 5.95. The molecule has 0 unspecified atom stereocenters. The molecule has 0 spiro atoms. The summed E-state index contributed by atoms with van der Waals surface area (Å²) < 4.78 is 0. The lowest BCUT2D eigenvalue weighted by Gasteiger charge is -2.35. The molecule has 0 aromatic carbocycles. The molecule has 1 fully saturated rings. The maximum atomic E-state index is 12.5.